The van der Waals surface area contributed by atoms with Crippen molar-refractivity contribution in [3.8, 4) is 0 Å². The maximum Gasteiger partial charge on any atom is 0.270 e. The Morgan fingerprint density at radius 2 is 2.12 bits per heavy atom. The molecule has 0 radical (unpaired) electrons. The van der Waals surface area contributed by atoms with Gasteiger partial charge in [-0.25, -0.2) is 4.39 Å². The molecule has 1 saturated heterocycles. The molecule has 3 rings (SSSR count). The summed E-state index contributed by atoms with van der Waals surface area (Å²) in [6, 6.07) is 10.2. The molecule has 0 spiro atoms. The van der Waals surface area contributed by atoms with Gasteiger partial charge in [0.05, 0.1) is 16.6 Å². The predicted molar refractivity (Wildman–Crippen MR) is 94.9 cm³/mol. The fraction of sp³-hybridized carbons (Fsp3) is 0.278. The second-order valence-electron chi connectivity index (χ2n) is 5.82. The number of non-ortho nitro benzene ring substituents is 1. The van der Waals surface area contributed by atoms with E-state index in [0.29, 0.717) is 22.9 Å². The molecule has 0 bridgehead atoms. The highest BCUT2D eigenvalue weighted by Crippen LogP contribution is 2.34. The molecular formula is C18H17FN2O4S. The summed E-state index contributed by atoms with van der Waals surface area (Å²) < 4.78 is 19.4. The molecule has 1 amide bonds. The Morgan fingerprint density at radius 3 is 2.81 bits per heavy atom. The largest absolute Gasteiger partial charge is 0.376 e. The van der Waals surface area contributed by atoms with E-state index >= 15 is 0 Å². The van der Waals surface area contributed by atoms with Crippen LogP contribution in [0.4, 0.5) is 10.1 Å². The number of amides is 1. The zero-order valence-electron chi connectivity index (χ0n) is 13.8. The number of halogens is 1. The topological polar surface area (TPSA) is 81.5 Å². The van der Waals surface area contributed by atoms with E-state index in [-0.39, 0.29) is 17.4 Å². The predicted octanol–water partition coefficient (Wildman–Crippen LogP) is 3.79. The molecule has 0 saturated carbocycles. The molecule has 1 atom stereocenters. The summed E-state index contributed by atoms with van der Waals surface area (Å²) in [4.78, 5) is 23.9. The second-order valence-corrected chi connectivity index (χ2v) is 6.90. The third-order valence-electron chi connectivity index (χ3n) is 3.99. The van der Waals surface area contributed by atoms with Gasteiger partial charge >= 0.3 is 0 Å². The third kappa shape index (κ3) is 4.39. The number of carbonyl (C=O) groups is 1. The third-order valence-corrected chi connectivity index (χ3v) is 5.12. The van der Waals surface area contributed by atoms with Crippen LogP contribution in [0.3, 0.4) is 0 Å². The van der Waals surface area contributed by atoms with Gasteiger partial charge in [-0.05, 0) is 31.0 Å². The van der Waals surface area contributed by atoms with Crippen molar-refractivity contribution >= 4 is 23.4 Å². The van der Waals surface area contributed by atoms with Crippen LogP contribution in [0, 0.1) is 15.9 Å². The van der Waals surface area contributed by atoms with E-state index in [4.69, 9.17) is 4.74 Å². The minimum absolute atomic E-state index is 0.0414. The summed E-state index contributed by atoms with van der Waals surface area (Å²) >= 11 is 1.06. The van der Waals surface area contributed by atoms with E-state index in [0.717, 1.165) is 24.6 Å². The molecule has 1 N–H and O–H groups in total. The standard InChI is InChI=1S/C18H17FN2O4S/c19-15-5-1-2-6-17(15)26-16-8-7-12(21(23)24)10-14(16)18(22)20-11-13-4-3-9-25-13/h1-2,5-8,10,13H,3-4,9,11H2,(H,20,22)/t13-/m0/s1. The molecular weight excluding hydrogens is 359 g/mol. The van der Waals surface area contributed by atoms with Crippen molar-refractivity contribution in [2.75, 3.05) is 13.2 Å². The Kier molecular flexibility index (Phi) is 5.85. The number of hydrogen-bond acceptors (Lipinski definition) is 5. The molecule has 8 heteroatoms. The van der Waals surface area contributed by atoms with E-state index < -0.39 is 16.6 Å². The molecule has 136 valence electrons. The summed E-state index contributed by atoms with van der Waals surface area (Å²) in [6.07, 6.45) is 1.78. The first kappa shape index (κ1) is 18.3. The molecule has 1 aliphatic rings. The van der Waals surface area contributed by atoms with Crippen LogP contribution in [0.1, 0.15) is 23.2 Å². The van der Waals surface area contributed by atoms with Gasteiger partial charge in [-0.2, -0.15) is 0 Å². The molecule has 1 fully saturated rings. The Morgan fingerprint density at radius 1 is 1.31 bits per heavy atom. The SMILES string of the molecule is O=C(NC[C@@H]1CCCO1)c1cc([N+](=O)[O-])ccc1Sc1ccccc1F. The molecule has 1 aliphatic heterocycles. The number of hydrogen-bond donors (Lipinski definition) is 1. The summed E-state index contributed by atoms with van der Waals surface area (Å²) in [7, 11) is 0. The average molecular weight is 376 g/mol. The molecule has 6 nitrogen and oxygen atoms in total. The van der Waals surface area contributed by atoms with E-state index in [1.54, 1.807) is 18.2 Å². The van der Waals surface area contributed by atoms with Gasteiger partial charge in [0.2, 0.25) is 0 Å². The van der Waals surface area contributed by atoms with Gasteiger partial charge in [0.25, 0.3) is 11.6 Å². The molecule has 2 aromatic rings. The molecule has 26 heavy (non-hydrogen) atoms. The van der Waals surface area contributed by atoms with Crippen LogP contribution in [0.25, 0.3) is 0 Å². The minimum Gasteiger partial charge on any atom is -0.376 e. The van der Waals surface area contributed by atoms with Gasteiger partial charge in [0.1, 0.15) is 5.82 Å². The normalized spacial score (nSPS) is 16.4. The molecule has 0 aliphatic carbocycles. The fourth-order valence-corrected chi connectivity index (χ4v) is 3.60. The Balaban J connectivity index is 1.84. The van der Waals surface area contributed by atoms with Crippen LogP contribution in [0.5, 0.6) is 0 Å². The number of nitro benzene ring substituents is 1. The van der Waals surface area contributed by atoms with Crippen molar-refractivity contribution in [1.82, 2.24) is 5.32 Å². The lowest BCUT2D eigenvalue weighted by molar-refractivity contribution is -0.384. The highest BCUT2D eigenvalue weighted by atomic mass is 32.2. The lowest BCUT2D eigenvalue weighted by atomic mass is 10.1. The summed E-state index contributed by atoms with van der Waals surface area (Å²) in [6.45, 7) is 1.01. The van der Waals surface area contributed by atoms with Crippen molar-refractivity contribution in [2.24, 2.45) is 0 Å². The van der Waals surface area contributed by atoms with Crippen LogP contribution in [0.2, 0.25) is 0 Å². The first-order valence-electron chi connectivity index (χ1n) is 8.15. The number of nitro groups is 1. The lowest BCUT2D eigenvalue weighted by Gasteiger charge is -2.13. The van der Waals surface area contributed by atoms with E-state index in [1.165, 1.54) is 24.3 Å². The molecule has 0 unspecified atom stereocenters. The van der Waals surface area contributed by atoms with Gasteiger partial charge < -0.3 is 10.1 Å². The van der Waals surface area contributed by atoms with Crippen LogP contribution in [-0.4, -0.2) is 30.1 Å². The van der Waals surface area contributed by atoms with Crippen LogP contribution >= 0.6 is 11.8 Å². The molecule has 0 aromatic heterocycles. The number of ether oxygens (including phenoxy) is 1. The van der Waals surface area contributed by atoms with E-state index in [1.807, 2.05) is 0 Å². The second kappa shape index (κ2) is 8.29. The van der Waals surface area contributed by atoms with Crippen molar-refractivity contribution < 1.29 is 18.8 Å². The maximum atomic E-state index is 13.9. The van der Waals surface area contributed by atoms with E-state index in [2.05, 4.69) is 5.32 Å². The van der Waals surface area contributed by atoms with Crippen LogP contribution in [-0.2, 0) is 4.74 Å². The fourth-order valence-electron chi connectivity index (χ4n) is 2.65. The zero-order chi connectivity index (χ0) is 18.5. The number of benzene rings is 2. The van der Waals surface area contributed by atoms with Crippen molar-refractivity contribution in [2.45, 2.75) is 28.7 Å². The van der Waals surface area contributed by atoms with Crippen molar-refractivity contribution in [3.63, 3.8) is 0 Å². The van der Waals surface area contributed by atoms with Gasteiger partial charge in [-0.1, -0.05) is 23.9 Å². The number of nitrogens with one attached hydrogen (secondary N) is 1. The smallest absolute Gasteiger partial charge is 0.270 e. The summed E-state index contributed by atoms with van der Waals surface area (Å²) in [5.74, 6) is -0.857. The monoisotopic (exact) mass is 376 g/mol. The highest BCUT2D eigenvalue weighted by molar-refractivity contribution is 7.99. The number of carbonyl (C=O) groups excluding carboxylic acids is 1. The number of rotatable bonds is 6. The zero-order valence-corrected chi connectivity index (χ0v) is 14.6. The van der Waals surface area contributed by atoms with Gasteiger partial charge in [0.15, 0.2) is 0 Å². The number of nitrogens with zero attached hydrogens (tertiary/aromatic N) is 1. The van der Waals surface area contributed by atoms with Crippen LogP contribution < -0.4 is 5.32 Å². The van der Waals surface area contributed by atoms with Crippen LogP contribution in [0.15, 0.2) is 52.3 Å². The molecule has 1 heterocycles. The average Bonchev–Trinajstić information content (AvgIpc) is 3.15. The van der Waals surface area contributed by atoms with Crippen molar-refractivity contribution in [1.29, 1.82) is 0 Å². The Labute approximate surface area is 153 Å². The van der Waals surface area contributed by atoms with Gasteiger partial charge in [-0.15, -0.1) is 0 Å². The molecule has 2 aromatic carbocycles. The first-order valence-corrected chi connectivity index (χ1v) is 8.97. The summed E-state index contributed by atoms with van der Waals surface area (Å²) in [5.41, 5.74) is -0.0457. The van der Waals surface area contributed by atoms with Gasteiger partial charge in [-0.3, -0.25) is 14.9 Å². The highest BCUT2D eigenvalue weighted by Gasteiger charge is 2.21. The summed E-state index contributed by atoms with van der Waals surface area (Å²) in [5, 5.41) is 13.8. The van der Waals surface area contributed by atoms with E-state index in [9.17, 15) is 19.3 Å². The maximum absolute atomic E-state index is 13.9. The Bertz CT molecular complexity index is 825. The quantitative estimate of drug-likeness (QED) is 0.613. The Hall–Kier alpha value is -2.45. The van der Waals surface area contributed by atoms with Crippen molar-refractivity contribution in [3.05, 3.63) is 64.0 Å². The minimum atomic E-state index is -0.561. The first-order chi connectivity index (χ1) is 12.5. The lowest BCUT2D eigenvalue weighted by Crippen LogP contribution is -2.32. The van der Waals surface area contributed by atoms with Gasteiger partial charge in [0, 0.05) is 35.1 Å².